The summed E-state index contributed by atoms with van der Waals surface area (Å²) in [7, 11) is -2.53. The zero-order valence-electron chi connectivity index (χ0n) is 15.4. The third-order valence-electron chi connectivity index (χ3n) is 5.48. The fraction of sp³-hybridized carbons (Fsp3) is 0.350. The van der Waals surface area contributed by atoms with Crippen molar-refractivity contribution in [1.82, 2.24) is 0 Å². The molecule has 3 unspecified atom stereocenters. The molecule has 7 nitrogen and oxygen atoms in total. The summed E-state index contributed by atoms with van der Waals surface area (Å²) >= 11 is 0. The number of aliphatic carboxylic acids is 1. The zero-order chi connectivity index (χ0) is 20.1. The fourth-order valence-electron chi connectivity index (χ4n) is 4.04. The molecule has 28 heavy (non-hydrogen) atoms. The van der Waals surface area contributed by atoms with E-state index >= 15 is 0 Å². The van der Waals surface area contributed by atoms with Crippen LogP contribution in [0.3, 0.4) is 0 Å². The minimum Gasteiger partial charge on any atom is -0.481 e. The second kappa shape index (κ2) is 6.49. The number of ether oxygens (including phenoxy) is 3. The van der Waals surface area contributed by atoms with Gasteiger partial charge in [-0.15, -0.1) is 0 Å². The lowest BCUT2D eigenvalue weighted by molar-refractivity contribution is -0.145. The molecule has 0 aromatic heterocycles. The highest BCUT2D eigenvalue weighted by atomic mass is 32.2. The average Bonchev–Trinajstić information content (AvgIpc) is 3.13. The number of methoxy groups -OCH3 is 1. The highest BCUT2D eigenvalue weighted by Gasteiger charge is 2.76. The van der Waals surface area contributed by atoms with Crippen LogP contribution < -0.4 is 9.47 Å². The number of benzene rings is 2. The lowest BCUT2D eigenvalue weighted by Crippen LogP contribution is -2.28. The minimum absolute atomic E-state index is 0.0801. The molecule has 8 heteroatoms. The maximum absolute atomic E-state index is 13.3. The lowest BCUT2D eigenvalue weighted by atomic mass is 9.99. The van der Waals surface area contributed by atoms with Crippen molar-refractivity contribution in [1.29, 1.82) is 0 Å². The molecule has 1 fully saturated rings. The van der Waals surface area contributed by atoms with E-state index in [-0.39, 0.29) is 18.3 Å². The average molecular weight is 404 g/mol. The molecule has 4 rings (SSSR count). The monoisotopic (exact) mass is 404 g/mol. The summed E-state index contributed by atoms with van der Waals surface area (Å²) in [6.07, 6.45) is 0. The molecule has 0 saturated heterocycles. The summed E-state index contributed by atoms with van der Waals surface area (Å²) < 4.78 is 42.5. The van der Waals surface area contributed by atoms with E-state index in [1.165, 1.54) is 19.2 Å². The molecule has 2 aliphatic rings. The Labute approximate surface area is 162 Å². The molecule has 0 bridgehead atoms. The first-order valence-electron chi connectivity index (χ1n) is 8.75. The second-order valence-electron chi connectivity index (χ2n) is 7.15. The van der Waals surface area contributed by atoms with E-state index in [1.807, 2.05) is 6.92 Å². The van der Waals surface area contributed by atoms with Gasteiger partial charge in [-0.05, 0) is 36.8 Å². The maximum atomic E-state index is 13.3. The van der Waals surface area contributed by atoms with Gasteiger partial charge >= 0.3 is 5.97 Å². The SMILES string of the molecule is COCC1(C(=O)O)C(c2ccc3c(c2)OCO3)C1S(=O)(=O)c1ccc(C)cc1. The van der Waals surface area contributed by atoms with E-state index in [9.17, 15) is 18.3 Å². The molecule has 3 atom stereocenters. The van der Waals surface area contributed by atoms with Gasteiger partial charge in [0.15, 0.2) is 21.3 Å². The second-order valence-corrected chi connectivity index (χ2v) is 9.22. The first-order chi connectivity index (χ1) is 13.3. The van der Waals surface area contributed by atoms with Gasteiger partial charge in [0, 0.05) is 13.0 Å². The van der Waals surface area contributed by atoms with Crippen molar-refractivity contribution in [3.05, 3.63) is 53.6 Å². The van der Waals surface area contributed by atoms with Gasteiger partial charge in [0.25, 0.3) is 0 Å². The number of carboxylic acid groups (broad SMARTS) is 1. The Morgan fingerprint density at radius 1 is 1.18 bits per heavy atom. The van der Waals surface area contributed by atoms with Crippen LogP contribution in [0.5, 0.6) is 11.5 Å². The highest BCUT2D eigenvalue weighted by molar-refractivity contribution is 7.92. The first-order valence-corrected chi connectivity index (χ1v) is 10.3. The lowest BCUT2D eigenvalue weighted by Gasteiger charge is -2.12. The Morgan fingerprint density at radius 2 is 1.86 bits per heavy atom. The number of sulfone groups is 1. The largest absolute Gasteiger partial charge is 0.481 e. The van der Waals surface area contributed by atoms with Crippen molar-refractivity contribution in [2.75, 3.05) is 20.5 Å². The van der Waals surface area contributed by atoms with E-state index in [1.54, 1.807) is 30.3 Å². The number of fused-ring (bicyclic) bond motifs is 1. The van der Waals surface area contributed by atoms with Crippen molar-refractivity contribution < 1.29 is 32.5 Å². The maximum Gasteiger partial charge on any atom is 0.314 e. The number of carbonyl (C=O) groups is 1. The smallest absolute Gasteiger partial charge is 0.314 e. The van der Waals surface area contributed by atoms with Crippen LogP contribution in [0.25, 0.3) is 0 Å². The van der Waals surface area contributed by atoms with Gasteiger partial charge in [-0.3, -0.25) is 4.79 Å². The van der Waals surface area contributed by atoms with E-state index in [4.69, 9.17) is 14.2 Å². The summed E-state index contributed by atoms with van der Waals surface area (Å²) in [4.78, 5) is 12.3. The predicted molar refractivity (Wildman–Crippen MR) is 99.4 cm³/mol. The number of carboxylic acids is 1. The van der Waals surface area contributed by atoms with Gasteiger partial charge in [-0.2, -0.15) is 0 Å². The third-order valence-corrected chi connectivity index (χ3v) is 7.77. The van der Waals surface area contributed by atoms with E-state index in [0.717, 1.165) is 5.56 Å². The Bertz CT molecular complexity index is 1030. The molecule has 1 heterocycles. The zero-order valence-corrected chi connectivity index (χ0v) is 16.2. The fourth-order valence-corrected chi connectivity index (χ4v) is 6.40. The van der Waals surface area contributed by atoms with Crippen LogP contribution in [-0.2, 0) is 19.4 Å². The molecule has 0 spiro atoms. The molecule has 1 N–H and O–H groups in total. The molecule has 2 aromatic rings. The summed E-state index contributed by atoms with van der Waals surface area (Å²) in [5.74, 6) is -0.925. The summed E-state index contributed by atoms with van der Waals surface area (Å²) in [5.41, 5.74) is -0.0700. The quantitative estimate of drug-likeness (QED) is 0.789. The standard InChI is InChI=1S/C20H20O7S/c1-12-3-6-14(7-4-12)28(23,24)18-17(20(18,10-25-2)19(21)22)13-5-8-15-16(9-13)27-11-26-15/h3-9,17-18H,10-11H2,1-2H3,(H,21,22). The van der Waals surface area contributed by atoms with Crippen LogP contribution in [0, 0.1) is 12.3 Å². The number of aryl methyl sites for hydroxylation is 1. The molecule has 0 radical (unpaired) electrons. The van der Waals surface area contributed by atoms with Crippen molar-refractivity contribution >= 4 is 15.8 Å². The van der Waals surface area contributed by atoms with Crippen LogP contribution in [0.15, 0.2) is 47.4 Å². The van der Waals surface area contributed by atoms with Gasteiger partial charge in [0.2, 0.25) is 6.79 Å². The summed E-state index contributed by atoms with van der Waals surface area (Å²) in [6.45, 7) is 1.73. The molecule has 2 aromatic carbocycles. The summed E-state index contributed by atoms with van der Waals surface area (Å²) in [6, 6.07) is 11.4. The van der Waals surface area contributed by atoms with Crippen LogP contribution in [0.2, 0.25) is 0 Å². The minimum atomic E-state index is -3.90. The van der Waals surface area contributed by atoms with Gasteiger partial charge in [-0.25, -0.2) is 8.42 Å². The molecule has 1 saturated carbocycles. The number of hydrogen-bond donors (Lipinski definition) is 1. The Kier molecular flexibility index (Phi) is 4.35. The molecular weight excluding hydrogens is 384 g/mol. The summed E-state index contributed by atoms with van der Waals surface area (Å²) in [5, 5.41) is 8.85. The van der Waals surface area contributed by atoms with Crippen molar-refractivity contribution in [2.24, 2.45) is 5.41 Å². The van der Waals surface area contributed by atoms with Gasteiger partial charge in [0.05, 0.1) is 16.8 Å². The van der Waals surface area contributed by atoms with E-state index < -0.39 is 32.4 Å². The van der Waals surface area contributed by atoms with Crippen LogP contribution in [0.1, 0.15) is 17.0 Å². The van der Waals surface area contributed by atoms with Gasteiger partial charge < -0.3 is 19.3 Å². The van der Waals surface area contributed by atoms with Gasteiger partial charge in [-0.1, -0.05) is 23.8 Å². The molecule has 1 aliphatic carbocycles. The van der Waals surface area contributed by atoms with Gasteiger partial charge in [0.1, 0.15) is 5.41 Å². The van der Waals surface area contributed by atoms with E-state index in [2.05, 4.69) is 0 Å². The normalized spacial score (nSPS) is 25.5. The Hall–Kier alpha value is -2.58. The number of hydrogen-bond acceptors (Lipinski definition) is 6. The first kappa shape index (κ1) is 18.8. The topological polar surface area (TPSA) is 99.1 Å². The van der Waals surface area contributed by atoms with Crippen LogP contribution >= 0.6 is 0 Å². The van der Waals surface area contributed by atoms with Crippen molar-refractivity contribution in [3.63, 3.8) is 0 Å². The predicted octanol–water partition coefficient (Wildman–Crippen LogP) is 2.38. The Morgan fingerprint density at radius 3 is 2.50 bits per heavy atom. The highest BCUT2D eigenvalue weighted by Crippen LogP contribution is 2.65. The van der Waals surface area contributed by atoms with Crippen molar-refractivity contribution in [3.8, 4) is 11.5 Å². The molecule has 1 aliphatic heterocycles. The van der Waals surface area contributed by atoms with Crippen LogP contribution in [-0.4, -0.2) is 45.3 Å². The number of rotatable bonds is 6. The van der Waals surface area contributed by atoms with E-state index in [0.29, 0.717) is 17.1 Å². The molecule has 0 amide bonds. The Balaban J connectivity index is 1.81. The van der Waals surface area contributed by atoms with Crippen molar-refractivity contribution in [2.45, 2.75) is 23.0 Å². The molecular formula is C20H20O7S. The van der Waals surface area contributed by atoms with Crippen LogP contribution in [0.4, 0.5) is 0 Å². The molecule has 148 valence electrons. The third kappa shape index (κ3) is 2.67.